The minimum Gasteiger partial charge on any atom is -0.423 e. The third-order valence-electron chi connectivity index (χ3n) is 6.00. The van der Waals surface area contributed by atoms with Crippen molar-refractivity contribution < 1.29 is 23.6 Å². The first-order valence-corrected chi connectivity index (χ1v) is 9.22. The molecule has 1 aliphatic heterocycles. The Morgan fingerprint density at radius 2 is 1.67 bits per heavy atom. The number of carbonyl (C=O) groups is 1. The van der Waals surface area contributed by atoms with E-state index < -0.39 is 24.2 Å². The largest absolute Gasteiger partial charge is 0.488 e. The minimum atomic E-state index is -1.61. The molecule has 1 atom stereocenters. The van der Waals surface area contributed by atoms with Crippen molar-refractivity contribution in [2.45, 2.75) is 37.5 Å². The predicted molar refractivity (Wildman–Crippen MR) is 98.6 cm³/mol. The van der Waals surface area contributed by atoms with Crippen LogP contribution in [-0.2, 0) is 10.2 Å². The lowest BCUT2D eigenvalue weighted by atomic mass is 9.61. The first-order valence-electron chi connectivity index (χ1n) is 9.22. The van der Waals surface area contributed by atoms with E-state index in [1.54, 1.807) is 24.3 Å². The van der Waals surface area contributed by atoms with Gasteiger partial charge in [-0.3, -0.25) is 4.79 Å². The summed E-state index contributed by atoms with van der Waals surface area (Å²) in [5.41, 5.74) is 0.221. The lowest BCUT2D eigenvalue weighted by molar-refractivity contribution is -0.121. The van der Waals surface area contributed by atoms with Crippen LogP contribution in [0, 0.1) is 17.6 Å². The first kappa shape index (κ1) is 18.1. The number of hydrogen-bond donors (Lipinski definition) is 3. The van der Waals surface area contributed by atoms with Crippen LogP contribution in [0.1, 0.15) is 43.2 Å². The Morgan fingerprint density at radius 1 is 1.00 bits per heavy atom. The molecule has 1 saturated carbocycles. The number of nitrogens with one attached hydrogen (secondary N) is 1. The molecule has 1 fully saturated rings. The highest BCUT2D eigenvalue weighted by Crippen LogP contribution is 2.52. The minimum absolute atomic E-state index is 0.0396. The molecule has 0 unspecified atom stereocenters. The zero-order valence-corrected chi connectivity index (χ0v) is 14.7. The number of anilines is 1. The van der Waals surface area contributed by atoms with Crippen LogP contribution in [0.5, 0.6) is 0 Å². The summed E-state index contributed by atoms with van der Waals surface area (Å²) >= 11 is 0. The highest BCUT2D eigenvalue weighted by atomic mass is 19.2. The SMILES string of the molecule is O=C1Nc2c(ccc(F)c2F)[C@]1(c1ccc(B(O)O)cc1)C1CCCCC1. The fourth-order valence-electron chi connectivity index (χ4n) is 4.72. The Bertz CT molecular complexity index is 882. The van der Waals surface area contributed by atoms with Gasteiger partial charge in [0.15, 0.2) is 11.6 Å². The summed E-state index contributed by atoms with van der Waals surface area (Å²) in [4.78, 5) is 13.2. The Balaban J connectivity index is 1.93. The third-order valence-corrected chi connectivity index (χ3v) is 6.00. The van der Waals surface area contributed by atoms with E-state index >= 15 is 0 Å². The molecule has 0 saturated heterocycles. The second-order valence-corrected chi connectivity index (χ2v) is 7.38. The van der Waals surface area contributed by atoms with Gasteiger partial charge in [-0.05, 0) is 41.4 Å². The normalized spacial score (nSPS) is 22.4. The molecule has 0 aromatic heterocycles. The van der Waals surface area contributed by atoms with Gasteiger partial charge in [0.25, 0.3) is 0 Å². The van der Waals surface area contributed by atoms with Gasteiger partial charge in [-0.2, -0.15) is 0 Å². The van der Waals surface area contributed by atoms with Gasteiger partial charge in [-0.15, -0.1) is 0 Å². The van der Waals surface area contributed by atoms with Crippen LogP contribution in [-0.4, -0.2) is 23.1 Å². The van der Waals surface area contributed by atoms with Crippen LogP contribution >= 0.6 is 0 Å². The quantitative estimate of drug-likeness (QED) is 0.726. The molecule has 0 bridgehead atoms. The van der Waals surface area contributed by atoms with E-state index in [-0.39, 0.29) is 17.5 Å². The summed E-state index contributed by atoms with van der Waals surface area (Å²) in [6.45, 7) is 0. The van der Waals surface area contributed by atoms with E-state index in [4.69, 9.17) is 0 Å². The standard InChI is InChI=1S/C20H20BF2NO3/c22-16-11-10-15-18(17(16)23)24-19(25)20(15,12-4-2-1-3-5-12)13-6-8-14(9-7-13)21(26)27/h6-12,26-27H,1-5H2,(H,24,25)/t20-/m1/s1. The van der Waals surface area contributed by atoms with E-state index in [1.807, 2.05) is 0 Å². The van der Waals surface area contributed by atoms with Gasteiger partial charge in [-0.1, -0.05) is 49.6 Å². The lowest BCUT2D eigenvalue weighted by Crippen LogP contribution is -2.44. The Hall–Kier alpha value is -2.25. The molecule has 0 radical (unpaired) electrons. The topological polar surface area (TPSA) is 69.6 Å². The van der Waals surface area contributed by atoms with Crippen molar-refractivity contribution in [2.75, 3.05) is 5.32 Å². The molecular weight excluding hydrogens is 351 g/mol. The predicted octanol–water partition coefficient (Wildman–Crippen LogP) is 2.46. The van der Waals surface area contributed by atoms with Crippen LogP contribution in [0.25, 0.3) is 0 Å². The number of amides is 1. The molecule has 2 aromatic carbocycles. The van der Waals surface area contributed by atoms with Gasteiger partial charge in [0.05, 0.1) is 5.69 Å². The first-order chi connectivity index (χ1) is 13.0. The molecule has 27 heavy (non-hydrogen) atoms. The fourth-order valence-corrected chi connectivity index (χ4v) is 4.72. The van der Waals surface area contributed by atoms with Crippen molar-refractivity contribution in [3.05, 3.63) is 59.2 Å². The van der Waals surface area contributed by atoms with Crippen molar-refractivity contribution in [1.82, 2.24) is 0 Å². The summed E-state index contributed by atoms with van der Waals surface area (Å²) in [6.07, 6.45) is 4.68. The van der Waals surface area contributed by atoms with Gasteiger partial charge >= 0.3 is 7.12 Å². The monoisotopic (exact) mass is 371 g/mol. The average Bonchev–Trinajstić information content (AvgIpc) is 2.99. The molecule has 1 aliphatic carbocycles. The summed E-state index contributed by atoms with van der Waals surface area (Å²) in [6, 6.07) is 9.02. The van der Waals surface area contributed by atoms with E-state index in [0.717, 1.165) is 38.2 Å². The van der Waals surface area contributed by atoms with Gasteiger partial charge in [0.2, 0.25) is 5.91 Å². The average molecular weight is 371 g/mol. The molecule has 140 valence electrons. The van der Waals surface area contributed by atoms with Crippen molar-refractivity contribution >= 4 is 24.2 Å². The number of hydrogen-bond acceptors (Lipinski definition) is 3. The van der Waals surface area contributed by atoms with Crippen molar-refractivity contribution in [2.24, 2.45) is 5.92 Å². The van der Waals surface area contributed by atoms with E-state index in [0.29, 0.717) is 16.6 Å². The molecule has 3 N–H and O–H groups in total. The highest BCUT2D eigenvalue weighted by molar-refractivity contribution is 6.58. The molecule has 2 aliphatic rings. The molecule has 1 heterocycles. The second-order valence-electron chi connectivity index (χ2n) is 7.38. The van der Waals surface area contributed by atoms with Gasteiger partial charge < -0.3 is 15.4 Å². The van der Waals surface area contributed by atoms with Gasteiger partial charge in [0.1, 0.15) is 5.41 Å². The van der Waals surface area contributed by atoms with Crippen molar-refractivity contribution in [1.29, 1.82) is 0 Å². The maximum absolute atomic E-state index is 14.4. The lowest BCUT2D eigenvalue weighted by Gasteiger charge is -2.39. The van der Waals surface area contributed by atoms with Crippen molar-refractivity contribution in [3.63, 3.8) is 0 Å². The van der Waals surface area contributed by atoms with E-state index in [2.05, 4.69) is 5.32 Å². The zero-order chi connectivity index (χ0) is 19.2. The Kier molecular flexibility index (Phi) is 4.52. The Labute approximate surface area is 156 Å². The number of carbonyl (C=O) groups excluding carboxylic acids is 1. The third kappa shape index (κ3) is 2.68. The molecule has 7 heteroatoms. The number of rotatable bonds is 3. The number of halogens is 2. The van der Waals surface area contributed by atoms with E-state index in [9.17, 15) is 23.6 Å². The number of fused-ring (bicyclic) bond motifs is 1. The summed E-state index contributed by atoms with van der Waals surface area (Å²) in [7, 11) is -1.61. The van der Waals surface area contributed by atoms with E-state index in [1.165, 1.54) is 6.07 Å². The molecule has 4 rings (SSSR count). The summed E-state index contributed by atoms with van der Waals surface area (Å²) < 4.78 is 28.2. The van der Waals surface area contributed by atoms with Gasteiger partial charge in [0, 0.05) is 0 Å². The smallest absolute Gasteiger partial charge is 0.423 e. The highest BCUT2D eigenvalue weighted by Gasteiger charge is 2.54. The van der Waals surface area contributed by atoms with Crippen LogP contribution in [0.15, 0.2) is 36.4 Å². The van der Waals surface area contributed by atoms with Crippen LogP contribution in [0.2, 0.25) is 0 Å². The maximum Gasteiger partial charge on any atom is 0.488 e. The summed E-state index contributed by atoms with van der Waals surface area (Å²) in [5, 5.41) is 21.3. The Morgan fingerprint density at radius 3 is 2.30 bits per heavy atom. The molecule has 0 spiro atoms. The molecular formula is C20H20BF2NO3. The molecule has 4 nitrogen and oxygen atoms in total. The fraction of sp³-hybridized carbons (Fsp3) is 0.350. The summed E-state index contributed by atoms with van der Waals surface area (Å²) in [5.74, 6) is -2.43. The number of benzene rings is 2. The zero-order valence-electron chi connectivity index (χ0n) is 14.7. The van der Waals surface area contributed by atoms with Crippen LogP contribution in [0.4, 0.5) is 14.5 Å². The second kappa shape index (κ2) is 6.73. The molecule has 2 aromatic rings. The van der Waals surface area contributed by atoms with Crippen LogP contribution in [0.3, 0.4) is 0 Å². The van der Waals surface area contributed by atoms with Crippen LogP contribution < -0.4 is 10.8 Å². The van der Waals surface area contributed by atoms with Crippen molar-refractivity contribution in [3.8, 4) is 0 Å². The molecule has 1 amide bonds. The van der Waals surface area contributed by atoms with Gasteiger partial charge in [-0.25, -0.2) is 8.78 Å². The maximum atomic E-state index is 14.4.